The second-order valence-corrected chi connectivity index (χ2v) is 4.91. The van der Waals surface area contributed by atoms with Crippen LogP contribution in [-0.4, -0.2) is 48.7 Å². The molecule has 104 valence electrons. The lowest BCUT2D eigenvalue weighted by Gasteiger charge is -2.25. The van der Waals surface area contributed by atoms with Gasteiger partial charge in [-0.3, -0.25) is 9.59 Å². The molecule has 0 heterocycles. The summed E-state index contributed by atoms with van der Waals surface area (Å²) >= 11 is 0. The molecule has 1 fully saturated rings. The van der Waals surface area contributed by atoms with Gasteiger partial charge in [0.1, 0.15) is 6.54 Å². The average molecular weight is 257 g/mol. The number of hydrogen-bond donors (Lipinski definition) is 1. The smallest absolute Gasteiger partial charge is 0.323 e. The van der Waals surface area contributed by atoms with E-state index in [-0.39, 0.29) is 12.5 Å². The van der Waals surface area contributed by atoms with E-state index in [0.717, 1.165) is 12.8 Å². The van der Waals surface area contributed by atoms with E-state index in [2.05, 4.69) is 0 Å². The normalized spacial score (nSPS) is 16.5. The Morgan fingerprint density at radius 3 is 2.50 bits per heavy atom. The molecule has 1 amide bonds. The van der Waals surface area contributed by atoms with Crippen molar-refractivity contribution >= 4 is 11.9 Å². The van der Waals surface area contributed by atoms with Gasteiger partial charge in [0, 0.05) is 20.1 Å². The zero-order valence-electron chi connectivity index (χ0n) is 11.1. The van der Waals surface area contributed by atoms with Gasteiger partial charge in [-0.1, -0.05) is 19.3 Å². The third-order valence-electron chi connectivity index (χ3n) is 3.43. The molecule has 1 aliphatic carbocycles. The Morgan fingerprint density at radius 1 is 1.28 bits per heavy atom. The second-order valence-electron chi connectivity index (χ2n) is 4.91. The monoisotopic (exact) mass is 257 g/mol. The lowest BCUT2D eigenvalue weighted by molar-refractivity contribution is -0.145. The van der Waals surface area contributed by atoms with Gasteiger partial charge in [0.05, 0.1) is 6.61 Å². The van der Waals surface area contributed by atoms with E-state index >= 15 is 0 Å². The maximum atomic E-state index is 12.1. The number of carbonyl (C=O) groups is 2. The number of rotatable bonds is 7. The van der Waals surface area contributed by atoms with Crippen molar-refractivity contribution in [2.24, 2.45) is 5.92 Å². The largest absolute Gasteiger partial charge is 0.480 e. The third-order valence-corrected chi connectivity index (χ3v) is 3.43. The summed E-state index contributed by atoms with van der Waals surface area (Å²) in [5.74, 6) is -0.588. The number of ether oxygens (including phenoxy) is 1. The zero-order valence-corrected chi connectivity index (χ0v) is 11.1. The summed E-state index contributed by atoms with van der Waals surface area (Å²) in [6.07, 6.45) is 6.31. The maximum Gasteiger partial charge on any atom is 0.323 e. The summed E-state index contributed by atoms with van der Waals surface area (Å²) in [7, 11) is 1.55. The predicted molar refractivity (Wildman–Crippen MR) is 67.3 cm³/mol. The van der Waals surface area contributed by atoms with E-state index in [9.17, 15) is 9.59 Å². The first-order chi connectivity index (χ1) is 8.63. The summed E-state index contributed by atoms with van der Waals surface area (Å²) < 4.78 is 4.91. The van der Waals surface area contributed by atoms with Gasteiger partial charge >= 0.3 is 5.97 Å². The van der Waals surface area contributed by atoms with Crippen molar-refractivity contribution in [1.82, 2.24) is 4.90 Å². The van der Waals surface area contributed by atoms with Crippen LogP contribution >= 0.6 is 0 Å². The Bertz CT molecular complexity index is 274. The molecular formula is C13H23NO4. The van der Waals surface area contributed by atoms with Crippen LogP contribution in [0, 0.1) is 5.92 Å². The second kappa shape index (κ2) is 8.08. The molecule has 0 bridgehead atoms. The number of hydrogen-bond acceptors (Lipinski definition) is 3. The predicted octanol–water partition coefficient (Wildman–Crippen LogP) is 1.52. The molecule has 0 saturated heterocycles. The summed E-state index contributed by atoms with van der Waals surface area (Å²) in [6.45, 7) is 0.507. The number of carbonyl (C=O) groups excluding carboxylic acids is 1. The average Bonchev–Trinajstić information content (AvgIpc) is 2.35. The Kier molecular flexibility index (Phi) is 6.72. The lowest BCUT2D eigenvalue weighted by Crippen LogP contribution is -2.39. The molecule has 0 spiro atoms. The van der Waals surface area contributed by atoms with Gasteiger partial charge in [-0.15, -0.1) is 0 Å². The van der Waals surface area contributed by atoms with Crippen LogP contribution in [0.4, 0.5) is 0 Å². The SMILES string of the molecule is COCCN(CC(=O)O)C(=O)CC1CCCCC1. The molecule has 0 radical (unpaired) electrons. The lowest BCUT2D eigenvalue weighted by atomic mass is 9.86. The van der Waals surface area contributed by atoms with E-state index in [4.69, 9.17) is 9.84 Å². The molecule has 0 unspecified atom stereocenters. The molecule has 0 aromatic rings. The van der Waals surface area contributed by atoms with Crippen LogP contribution in [0.1, 0.15) is 38.5 Å². The number of methoxy groups -OCH3 is 1. The van der Waals surface area contributed by atoms with E-state index in [1.807, 2.05) is 0 Å². The number of carboxylic acids is 1. The van der Waals surface area contributed by atoms with E-state index in [0.29, 0.717) is 25.5 Å². The van der Waals surface area contributed by atoms with E-state index in [1.165, 1.54) is 24.2 Å². The van der Waals surface area contributed by atoms with Gasteiger partial charge in [0.25, 0.3) is 0 Å². The molecule has 5 heteroatoms. The van der Waals surface area contributed by atoms with Crippen LogP contribution in [0.3, 0.4) is 0 Å². The topological polar surface area (TPSA) is 66.8 Å². The summed E-state index contributed by atoms with van der Waals surface area (Å²) in [4.78, 5) is 24.2. The Balaban J connectivity index is 2.43. The molecule has 1 aliphatic rings. The van der Waals surface area contributed by atoms with Gasteiger partial charge in [-0.05, 0) is 18.8 Å². The number of carboxylic acid groups (broad SMARTS) is 1. The Labute approximate surface area is 108 Å². The van der Waals surface area contributed by atoms with E-state index in [1.54, 1.807) is 7.11 Å². The first-order valence-electron chi connectivity index (χ1n) is 6.62. The van der Waals surface area contributed by atoms with Gasteiger partial charge in [-0.2, -0.15) is 0 Å². The molecule has 5 nitrogen and oxygen atoms in total. The van der Waals surface area contributed by atoms with Crippen molar-refractivity contribution in [2.75, 3.05) is 26.8 Å². The van der Waals surface area contributed by atoms with Crippen molar-refractivity contribution in [3.8, 4) is 0 Å². The minimum atomic E-state index is -0.969. The number of aliphatic carboxylic acids is 1. The highest BCUT2D eigenvalue weighted by Crippen LogP contribution is 2.26. The van der Waals surface area contributed by atoms with Gasteiger partial charge < -0.3 is 14.7 Å². The Morgan fingerprint density at radius 2 is 1.94 bits per heavy atom. The van der Waals surface area contributed by atoms with Crippen molar-refractivity contribution in [3.05, 3.63) is 0 Å². The van der Waals surface area contributed by atoms with Gasteiger partial charge in [-0.25, -0.2) is 0 Å². The molecule has 1 rings (SSSR count). The fourth-order valence-corrected chi connectivity index (χ4v) is 2.42. The van der Waals surface area contributed by atoms with Crippen LogP contribution < -0.4 is 0 Å². The molecule has 18 heavy (non-hydrogen) atoms. The minimum Gasteiger partial charge on any atom is -0.480 e. The standard InChI is InChI=1S/C13H23NO4/c1-18-8-7-14(10-13(16)17)12(15)9-11-5-3-2-4-6-11/h11H,2-10H2,1H3,(H,16,17). The molecule has 1 N–H and O–H groups in total. The summed E-state index contributed by atoms with van der Waals surface area (Å²) in [5.41, 5.74) is 0. The highest BCUT2D eigenvalue weighted by Gasteiger charge is 2.22. The minimum absolute atomic E-state index is 0.0543. The first kappa shape index (κ1) is 15.0. The fourth-order valence-electron chi connectivity index (χ4n) is 2.42. The first-order valence-corrected chi connectivity index (χ1v) is 6.62. The highest BCUT2D eigenvalue weighted by atomic mass is 16.5. The van der Waals surface area contributed by atoms with Crippen LogP contribution in [0.15, 0.2) is 0 Å². The molecule has 0 aromatic heterocycles. The van der Waals surface area contributed by atoms with E-state index < -0.39 is 5.97 Å². The van der Waals surface area contributed by atoms with Crippen LogP contribution in [-0.2, 0) is 14.3 Å². The van der Waals surface area contributed by atoms with Crippen LogP contribution in [0.2, 0.25) is 0 Å². The van der Waals surface area contributed by atoms with Crippen molar-refractivity contribution in [3.63, 3.8) is 0 Å². The molecule has 0 atom stereocenters. The molecule has 0 aliphatic heterocycles. The maximum absolute atomic E-state index is 12.1. The highest BCUT2D eigenvalue weighted by molar-refractivity contribution is 5.81. The van der Waals surface area contributed by atoms with Crippen molar-refractivity contribution in [2.45, 2.75) is 38.5 Å². The number of nitrogens with zero attached hydrogens (tertiary/aromatic N) is 1. The van der Waals surface area contributed by atoms with Crippen molar-refractivity contribution in [1.29, 1.82) is 0 Å². The summed E-state index contributed by atoms with van der Waals surface area (Å²) in [6, 6.07) is 0. The quantitative estimate of drug-likeness (QED) is 0.751. The summed E-state index contributed by atoms with van der Waals surface area (Å²) in [5, 5.41) is 8.80. The zero-order chi connectivity index (χ0) is 13.4. The molecule has 0 aromatic carbocycles. The third kappa shape index (κ3) is 5.49. The molecule has 1 saturated carbocycles. The molecular weight excluding hydrogens is 234 g/mol. The van der Waals surface area contributed by atoms with Crippen molar-refractivity contribution < 1.29 is 19.4 Å². The van der Waals surface area contributed by atoms with Gasteiger partial charge in [0.15, 0.2) is 0 Å². The van der Waals surface area contributed by atoms with Crippen LogP contribution in [0.5, 0.6) is 0 Å². The van der Waals surface area contributed by atoms with Crippen LogP contribution in [0.25, 0.3) is 0 Å². The van der Waals surface area contributed by atoms with Gasteiger partial charge in [0.2, 0.25) is 5.91 Å². The fraction of sp³-hybridized carbons (Fsp3) is 0.846. The number of amides is 1. The Hall–Kier alpha value is -1.10.